The van der Waals surface area contributed by atoms with Crippen LogP contribution in [0.1, 0.15) is 36.2 Å². The first kappa shape index (κ1) is 14.2. The Bertz CT molecular complexity index is 458. The molecule has 1 aromatic heterocycles. The van der Waals surface area contributed by atoms with Gasteiger partial charge in [0.05, 0.1) is 11.1 Å². The van der Waals surface area contributed by atoms with Gasteiger partial charge in [0.25, 0.3) is 5.91 Å². The summed E-state index contributed by atoms with van der Waals surface area (Å²) in [4.78, 5) is 15.9. The molecule has 0 spiro atoms. The summed E-state index contributed by atoms with van der Waals surface area (Å²) in [5.41, 5.74) is 1.03. The minimum absolute atomic E-state index is 0.153. The van der Waals surface area contributed by atoms with E-state index in [1.165, 1.54) is 6.20 Å². The van der Waals surface area contributed by atoms with Gasteiger partial charge in [-0.3, -0.25) is 9.78 Å². The Balaban J connectivity index is 2.73. The molecule has 0 bridgehead atoms. The van der Waals surface area contributed by atoms with E-state index in [2.05, 4.69) is 36.0 Å². The quantitative estimate of drug-likeness (QED) is 0.785. The van der Waals surface area contributed by atoms with Crippen molar-refractivity contribution in [2.24, 2.45) is 5.92 Å². The van der Waals surface area contributed by atoms with Crippen molar-refractivity contribution in [3.05, 3.63) is 29.6 Å². The Morgan fingerprint density at radius 1 is 1.56 bits per heavy atom. The van der Waals surface area contributed by atoms with E-state index in [0.717, 1.165) is 6.42 Å². The minimum Gasteiger partial charge on any atom is -0.384 e. The lowest BCUT2D eigenvalue weighted by atomic mass is 10.1. The lowest BCUT2D eigenvalue weighted by Crippen LogP contribution is -2.26. The van der Waals surface area contributed by atoms with Crippen molar-refractivity contribution in [3.8, 4) is 11.8 Å². The predicted octanol–water partition coefficient (Wildman–Crippen LogP) is 1.20. The smallest absolute Gasteiger partial charge is 0.252 e. The third-order valence-electron chi connectivity index (χ3n) is 2.38. The van der Waals surface area contributed by atoms with E-state index in [1.54, 1.807) is 12.3 Å². The third kappa shape index (κ3) is 4.56. The number of rotatable bonds is 4. The van der Waals surface area contributed by atoms with Crippen LogP contribution >= 0.6 is 0 Å². The van der Waals surface area contributed by atoms with Crippen LogP contribution in [-0.4, -0.2) is 29.1 Å². The molecule has 18 heavy (non-hydrogen) atoms. The van der Waals surface area contributed by atoms with Gasteiger partial charge in [-0.05, 0) is 18.4 Å². The van der Waals surface area contributed by atoms with Gasteiger partial charge in [0.15, 0.2) is 0 Å². The first-order valence-electron chi connectivity index (χ1n) is 5.97. The molecule has 1 heterocycles. The number of carbonyl (C=O) groups excluding carboxylic acids is 1. The fourth-order valence-corrected chi connectivity index (χ4v) is 1.40. The van der Waals surface area contributed by atoms with Crippen LogP contribution in [0, 0.1) is 17.8 Å². The highest BCUT2D eigenvalue weighted by Crippen LogP contribution is 2.05. The summed E-state index contributed by atoms with van der Waals surface area (Å²) in [6.45, 7) is 4.63. The standard InChI is InChI=1S/C14H18N2O2/c1-11(2)5-8-16-14(18)13-6-7-15-10-12(13)4-3-9-17/h6-7,10-11,17H,5,8-9H2,1-2H3,(H,16,18). The molecule has 0 radical (unpaired) electrons. The van der Waals surface area contributed by atoms with Gasteiger partial charge in [0, 0.05) is 18.9 Å². The van der Waals surface area contributed by atoms with Gasteiger partial charge in [0.2, 0.25) is 0 Å². The van der Waals surface area contributed by atoms with Crippen LogP contribution in [0.2, 0.25) is 0 Å². The number of hydrogen-bond acceptors (Lipinski definition) is 3. The molecular weight excluding hydrogens is 228 g/mol. The van der Waals surface area contributed by atoms with E-state index in [0.29, 0.717) is 23.6 Å². The second-order valence-corrected chi connectivity index (χ2v) is 4.32. The van der Waals surface area contributed by atoms with E-state index in [9.17, 15) is 4.79 Å². The van der Waals surface area contributed by atoms with Crippen molar-refractivity contribution in [1.29, 1.82) is 0 Å². The number of aliphatic hydroxyl groups excluding tert-OH is 1. The predicted molar refractivity (Wildman–Crippen MR) is 70.0 cm³/mol. The zero-order chi connectivity index (χ0) is 13.4. The normalized spacial score (nSPS) is 9.78. The monoisotopic (exact) mass is 246 g/mol. The number of pyridine rings is 1. The van der Waals surface area contributed by atoms with Crippen molar-refractivity contribution in [1.82, 2.24) is 10.3 Å². The van der Waals surface area contributed by atoms with Gasteiger partial charge in [-0.1, -0.05) is 25.7 Å². The molecule has 1 amide bonds. The molecule has 0 aliphatic carbocycles. The van der Waals surface area contributed by atoms with Gasteiger partial charge in [0.1, 0.15) is 6.61 Å². The Hall–Kier alpha value is -1.86. The second kappa shape index (κ2) is 7.46. The summed E-state index contributed by atoms with van der Waals surface area (Å²) in [6.07, 6.45) is 4.02. The molecule has 0 atom stereocenters. The molecule has 0 aliphatic rings. The van der Waals surface area contributed by atoms with Crippen LogP contribution < -0.4 is 5.32 Å². The first-order valence-corrected chi connectivity index (χ1v) is 5.97. The Labute approximate surface area is 107 Å². The van der Waals surface area contributed by atoms with Crippen LogP contribution in [0.3, 0.4) is 0 Å². The van der Waals surface area contributed by atoms with Crippen molar-refractivity contribution < 1.29 is 9.90 Å². The number of nitrogens with one attached hydrogen (secondary N) is 1. The minimum atomic E-state index is -0.233. The van der Waals surface area contributed by atoms with Crippen molar-refractivity contribution in [2.75, 3.05) is 13.2 Å². The van der Waals surface area contributed by atoms with Gasteiger partial charge in [-0.2, -0.15) is 0 Å². The fraction of sp³-hybridized carbons (Fsp3) is 0.429. The largest absolute Gasteiger partial charge is 0.384 e. The lowest BCUT2D eigenvalue weighted by Gasteiger charge is -2.08. The SMILES string of the molecule is CC(C)CCNC(=O)c1ccncc1C#CCO. The lowest BCUT2D eigenvalue weighted by molar-refractivity contribution is 0.0951. The summed E-state index contributed by atoms with van der Waals surface area (Å²) < 4.78 is 0. The molecule has 4 heteroatoms. The molecule has 0 fully saturated rings. The van der Waals surface area contributed by atoms with Crippen LogP contribution in [0.5, 0.6) is 0 Å². The third-order valence-corrected chi connectivity index (χ3v) is 2.38. The fourth-order valence-electron chi connectivity index (χ4n) is 1.40. The van der Waals surface area contributed by atoms with Crippen molar-refractivity contribution >= 4 is 5.91 Å². The molecule has 1 rings (SSSR count). The topological polar surface area (TPSA) is 62.2 Å². The second-order valence-electron chi connectivity index (χ2n) is 4.32. The van der Waals surface area contributed by atoms with Crippen LogP contribution in [0.15, 0.2) is 18.5 Å². The zero-order valence-electron chi connectivity index (χ0n) is 10.7. The van der Waals surface area contributed by atoms with Crippen LogP contribution in [0.25, 0.3) is 0 Å². The Morgan fingerprint density at radius 2 is 2.33 bits per heavy atom. The molecule has 1 aromatic rings. The van der Waals surface area contributed by atoms with Crippen molar-refractivity contribution in [2.45, 2.75) is 20.3 Å². The number of carbonyl (C=O) groups is 1. The zero-order valence-corrected chi connectivity index (χ0v) is 10.7. The van der Waals surface area contributed by atoms with Gasteiger partial charge in [-0.25, -0.2) is 0 Å². The van der Waals surface area contributed by atoms with E-state index in [1.807, 2.05) is 0 Å². The first-order chi connectivity index (χ1) is 8.65. The maximum Gasteiger partial charge on any atom is 0.252 e. The summed E-state index contributed by atoms with van der Waals surface area (Å²) in [5.74, 6) is 5.64. The molecule has 0 unspecified atom stereocenters. The van der Waals surface area contributed by atoms with E-state index in [4.69, 9.17) is 5.11 Å². The highest BCUT2D eigenvalue weighted by Gasteiger charge is 2.09. The number of aromatic nitrogens is 1. The molecule has 4 nitrogen and oxygen atoms in total. The molecule has 0 aromatic carbocycles. The van der Waals surface area contributed by atoms with E-state index in [-0.39, 0.29) is 12.5 Å². The summed E-state index contributed by atoms with van der Waals surface area (Å²) in [6, 6.07) is 1.63. The van der Waals surface area contributed by atoms with E-state index >= 15 is 0 Å². The maximum absolute atomic E-state index is 11.9. The van der Waals surface area contributed by atoms with Crippen molar-refractivity contribution in [3.63, 3.8) is 0 Å². The molecule has 0 aliphatic heterocycles. The van der Waals surface area contributed by atoms with Gasteiger partial charge in [-0.15, -0.1) is 0 Å². The molecule has 0 saturated heterocycles. The van der Waals surface area contributed by atoms with E-state index < -0.39 is 0 Å². The highest BCUT2D eigenvalue weighted by molar-refractivity contribution is 5.96. The summed E-state index contributed by atoms with van der Waals surface area (Å²) >= 11 is 0. The average Bonchev–Trinajstić information content (AvgIpc) is 2.36. The molecular formula is C14H18N2O2. The summed E-state index contributed by atoms with van der Waals surface area (Å²) in [7, 11) is 0. The van der Waals surface area contributed by atoms with Gasteiger partial charge >= 0.3 is 0 Å². The molecule has 0 saturated carbocycles. The molecule has 96 valence electrons. The average molecular weight is 246 g/mol. The Kier molecular flexibility index (Phi) is 5.89. The number of aliphatic hydroxyl groups is 1. The highest BCUT2D eigenvalue weighted by atomic mass is 16.2. The number of hydrogen-bond donors (Lipinski definition) is 2. The van der Waals surface area contributed by atoms with Crippen LogP contribution in [-0.2, 0) is 0 Å². The number of nitrogens with zero attached hydrogens (tertiary/aromatic N) is 1. The summed E-state index contributed by atoms with van der Waals surface area (Å²) in [5, 5.41) is 11.5. The van der Waals surface area contributed by atoms with Gasteiger partial charge < -0.3 is 10.4 Å². The van der Waals surface area contributed by atoms with Crippen LogP contribution in [0.4, 0.5) is 0 Å². The number of amides is 1. The Morgan fingerprint density at radius 3 is 3.00 bits per heavy atom. The molecule has 2 N–H and O–H groups in total. The maximum atomic E-state index is 11.9.